The van der Waals surface area contributed by atoms with E-state index in [9.17, 15) is 22.0 Å². The summed E-state index contributed by atoms with van der Waals surface area (Å²) in [6.07, 6.45) is -2.09. The van der Waals surface area contributed by atoms with Crippen molar-refractivity contribution in [2.75, 3.05) is 6.61 Å². The van der Waals surface area contributed by atoms with Crippen LogP contribution in [0.1, 0.15) is 12.0 Å². The van der Waals surface area contributed by atoms with E-state index in [1.54, 1.807) is 6.07 Å². The normalized spacial score (nSPS) is 30.1. The van der Waals surface area contributed by atoms with E-state index in [4.69, 9.17) is 0 Å². The van der Waals surface area contributed by atoms with Crippen molar-refractivity contribution in [2.45, 2.75) is 30.5 Å². The number of hydrogen-bond donors (Lipinski definition) is 0. The maximum Gasteiger partial charge on any atom is 0.367 e. The lowest BCUT2D eigenvalue weighted by atomic mass is 9.92. The van der Waals surface area contributed by atoms with Gasteiger partial charge in [-0.15, -0.1) is 0 Å². The Balaban J connectivity index is 2.29. The van der Waals surface area contributed by atoms with Gasteiger partial charge >= 0.3 is 11.8 Å². The molecule has 1 atom stereocenters. The van der Waals surface area contributed by atoms with Gasteiger partial charge in [-0.3, -0.25) is 0 Å². The SMILES string of the molecule is FC1(F)CCOC(F)(Cc2ccccc2)C1(F)F. The number of halogens is 5. The minimum absolute atomic E-state index is 0.178. The molecule has 1 fully saturated rings. The Kier molecular flexibility index (Phi) is 3.09. The van der Waals surface area contributed by atoms with E-state index < -0.39 is 37.1 Å². The van der Waals surface area contributed by atoms with Gasteiger partial charge < -0.3 is 4.74 Å². The molecule has 1 unspecified atom stereocenters. The molecule has 1 saturated heterocycles. The molecule has 1 nitrogen and oxygen atoms in total. The second-order valence-corrected chi connectivity index (χ2v) is 4.27. The smallest absolute Gasteiger partial charge is 0.341 e. The third kappa shape index (κ3) is 1.98. The van der Waals surface area contributed by atoms with Gasteiger partial charge in [-0.25, -0.2) is 4.39 Å². The first-order valence-electron chi connectivity index (χ1n) is 5.41. The van der Waals surface area contributed by atoms with Crippen LogP contribution in [0.4, 0.5) is 22.0 Å². The van der Waals surface area contributed by atoms with Gasteiger partial charge in [0.25, 0.3) is 5.85 Å². The van der Waals surface area contributed by atoms with Crippen molar-refractivity contribution in [2.24, 2.45) is 0 Å². The summed E-state index contributed by atoms with van der Waals surface area (Å²) in [5, 5.41) is 0. The third-order valence-electron chi connectivity index (χ3n) is 2.95. The van der Waals surface area contributed by atoms with E-state index in [0.29, 0.717) is 0 Å². The molecule has 0 radical (unpaired) electrons. The maximum atomic E-state index is 14.1. The highest BCUT2D eigenvalue weighted by atomic mass is 19.3. The van der Waals surface area contributed by atoms with E-state index in [0.717, 1.165) is 0 Å². The highest BCUT2D eigenvalue weighted by Gasteiger charge is 2.72. The van der Waals surface area contributed by atoms with Gasteiger partial charge in [-0.2, -0.15) is 17.6 Å². The van der Waals surface area contributed by atoms with Crippen LogP contribution < -0.4 is 0 Å². The topological polar surface area (TPSA) is 9.23 Å². The molecule has 0 saturated carbocycles. The van der Waals surface area contributed by atoms with E-state index in [1.165, 1.54) is 24.3 Å². The summed E-state index contributed by atoms with van der Waals surface area (Å²) >= 11 is 0. The number of benzene rings is 1. The quantitative estimate of drug-likeness (QED) is 0.743. The van der Waals surface area contributed by atoms with Crippen LogP contribution in [-0.4, -0.2) is 24.3 Å². The zero-order valence-electron chi connectivity index (χ0n) is 9.31. The van der Waals surface area contributed by atoms with Gasteiger partial charge in [0.1, 0.15) is 0 Å². The lowest BCUT2D eigenvalue weighted by Crippen LogP contribution is -2.62. The Morgan fingerprint density at radius 3 is 2.22 bits per heavy atom. The van der Waals surface area contributed by atoms with Crippen LogP contribution in [0.25, 0.3) is 0 Å². The van der Waals surface area contributed by atoms with Crippen LogP contribution >= 0.6 is 0 Å². The monoisotopic (exact) mass is 266 g/mol. The predicted molar refractivity (Wildman–Crippen MR) is 54.4 cm³/mol. The molecule has 1 aliphatic heterocycles. The molecular formula is C12H11F5O. The maximum absolute atomic E-state index is 14.1. The number of ether oxygens (including phenoxy) is 1. The number of alkyl halides is 5. The average molecular weight is 266 g/mol. The molecule has 100 valence electrons. The molecule has 0 aliphatic carbocycles. The van der Waals surface area contributed by atoms with Crippen molar-refractivity contribution in [3.63, 3.8) is 0 Å². The molecule has 1 aromatic rings. The Labute approximate surface area is 101 Å². The average Bonchev–Trinajstić information content (AvgIpc) is 2.28. The lowest BCUT2D eigenvalue weighted by molar-refractivity contribution is -0.378. The molecule has 0 bridgehead atoms. The Morgan fingerprint density at radius 1 is 1.00 bits per heavy atom. The number of hydrogen-bond acceptors (Lipinski definition) is 1. The Bertz CT molecular complexity index is 420. The van der Waals surface area contributed by atoms with Gasteiger partial charge in [-0.05, 0) is 5.56 Å². The van der Waals surface area contributed by atoms with Crippen LogP contribution in [0.3, 0.4) is 0 Å². The first kappa shape index (κ1) is 13.3. The van der Waals surface area contributed by atoms with E-state index in [2.05, 4.69) is 4.74 Å². The molecule has 1 heterocycles. The molecule has 2 rings (SSSR count). The van der Waals surface area contributed by atoms with Crippen molar-refractivity contribution in [1.82, 2.24) is 0 Å². The fraction of sp³-hybridized carbons (Fsp3) is 0.500. The first-order valence-corrected chi connectivity index (χ1v) is 5.41. The number of rotatable bonds is 2. The van der Waals surface area contributed by atoms with Gasteiger partial charge in [0, 0.05) is 12.8 Å². The van der Waals surface area contributed by atoms with Crippen molar-refractivity contribution in [3.8, 4) is 0 Å². The summed E-state index contributed by atoms with van der Waals surface area (Å²) in [5.41, 5.74) is 0.178. The fourth-order valence-electron chi connectivity index (χ4n) is 1.88. The van der Waals surface area contributed by atoms with E-state index in [-0.39, 0.29) is 5.56 Å². The molecule has 18 heavy (non-hydrogen) atoms. The second kappa shape index (κ2) is 4.19. The summed E-state index contributed by atoms with van der Waals surface area (Å²) < 4.78 is 71.6. The Morgan fingerprint density at radius 2 is 1.61 bits per heavy atom. The van der Waals surface area contributed by atoms with Crippen LogP contribution in [0, 0.1) is 0 Å². The first-order chi connectivity index (χ1) is 8.29. The van der Waals surface area contributed by atoms with Crippen LogP contribution in [0.2, 0.25) is 0 Å². The van der Waals surface area contributed by atoms with Crippen molar-refractivity contribution < 1.29 is 26.7 Å². The largest absolute Gasteiger partial charge is 0.367 e. The second-order valence-electron chi connectivity index (χ2n) is 4.27. The highest BCUT2D eigenvalue weighted by Crippen LogP contribution is 2.51. The fourth-order valence-corrected chi connectivity index (χ4v) is 1.88. The van der Waals surface area contributed by atoms with E-state index in [1.807, 2.05) is 0 Å². The van der Waals surface area contributed by atoms with Crippen LogP contribution in [-0.2, 0) is 11.2 Å². The summed E-state index contributed by atoms with van der Waals surface area (Å²) in [4.78, 5) is 0. The Hall–Kier alpha value is -1.17. The van der Waals surface area contributed by atoms with Crippen LogP contribution in [0.5, 0.6) is 0 Å². The van der Waals surface area contributed by atoms with Gasteiger partial charge in [0.05, 0.1) is 6.61 Å². The van der Waals surface area contributed by atoms with Crippen LogP contribution in [0.15, 0.2) is 30.3 Å². The zero-order chi connectivity index (χ0) is 13.4. The minimum atomic E-state index is -4.84. The third-order valence-corrected chi connectivity index (χ3v) is 2.95. The van der Waals surface area contributed by atoms with Gasteiger partial charge in [-0.1, -0.05) is 30.3 Å². The molecule has 0 N–H and O–H groups in total. The highest BCUT2D eigenvalue weighted by molar-refractivity contribution is 5.18. The molecule has 0 aromatic heterocycles. The summed E-state index contributed by atoms with van der Waals surface area (Å²) in [5.74, 6) is -12.9. The zero-order valence-corrected chi connectivity index (χ0v) is 9.31. The molecular weight excluding hydrogens is 255 g/mol. The molecule has 0 amide bonds. The summed E-state index contributed by atoms with van der Waals surface area (Å²) in [6, 6.07) is 7.40. The van der Waals surface area contributed by atoms with E-state index >= 15 is 0 Å². The van der Waals surface area contributed by atoms with Crippen molar-refractivity contribution in [1.29, 1.82) is 0 Å². The predicted octanol–water partition coefficient (Wildman–Crippen LogP) is 3.59. The standard InChI is InChI=1S/C12H11F5O/c13-10(14)6-7-18-11(15,12(10,16)17)8-9-4-2-1-3-5-9/h1-5H,6-8H2. The minimum Gasteiger partial charge on any atom is -0.341 e. The summed E-state index contributed by atoms with van der Waals surface area (Å²) in [6.45, 7) is -0.730. The van der Waals surface area contributed by atoms with Gasteiger partial charge in [0.15, 0.2) is 0 Å². The van der Waals surface area contributed by atoms with Crippen molar-refractivity contribution in [3.05, 3.63) is 35.9 Å². The van der Waals surface area contributed by atoms with Gasteiger partial charge in [0.2, 0.25) is 0 Å². The molecule has 1 aromatic carbocycles. The molecule has 1 aliphatic rings. The van der Waals surface area contributed by atoms with Crippen molar-refractivity contribution >= 4 is 0 Å². The molecule has 6 heteroatoms. The summed E-state index contributed by atoms with van der Waals surface area (Å²) in [7, 11) is 0. The molecule has 0 spiro atoms. The lowest BCUT2D eigenvalue weighted by Gasteiger charge is -2.41.